The summed E-state index contributed by atoms with van der Waals surface area (Å²) in [5.41, 5.74) is 0. The van der Waals surface area contributed by atoms with Gasteiger partial charge in [-0.25, -0.2) is 4.39 Å². The van der Waals surface area contributed by atoms with Crippen molar-refractivity contribution in [3.05, 3.63) is 30.1 Å². The van der Waals surface area contributed by atoms with E-state index in [1.807, 2.05) is 0 Å². The second-order valence-corrected chi connectivity index (χ2v) is 4.03. The molecule has 0 saturated carbocycles. The first-order valence-electron chi connectivity index (χ1n) is 5.47. The normalized spacial score (nSPS) is 25.4. The van der Waals surface area contributed by atoms with Crippen LogP contribution in [0.2, 0.25) is 0 Å². The van der Waals surface area contributed by atoms with E-state index in [2.05, 4.69) is 12.2 Å². The average molecular weight is 225 g/mol. The maximum absolute atomic E-state index is 12.6. The maximum atomic E-state index is 12.6. The minimum Gasteiger partial charge on any atom is -0.491 e. The van der Waals surface area contributed by atoms with E-state index in [1.165, 1.54) is 12.1 Å². The van der Waals surface area contributed by atoms with Crippen molar-refractivity contribution < 1.29 is 13.9 Å². The molecule has 16 heavy (non-hydrogen) atoms. The average Bonchev–Trinajstić information content (AvgIpc) is 2.30. The van der Waals surface area contributed by atoms with Gasteiger partial charge in [0.2, 0.25) is 0 Å². The molecular weight excluding hydrogens is 209 g/mol. The molecule has 1 fully saturated rings. The highest BCUT2D eigenvalue weighted by molar-refractivity contribution is 5.22. The minimum absolute atomic E-state index is 0.0706. The first-order valence-corrected chi connectivity index (χ1v) is 5.47. The fourth-order valence-corrected chi connectivity index (χ4v) is 1.56. The van der Waals surface area contributed by atoms with Gasteiger partial charge < -0.3 is 14.8 Å². The number of hydrogen-bond donors (Lipinski definition) is 1. The zero-order valence-electron chi connectivity index (χ0n) is 9.28. The van der Waals surface area contributed by atoms with Crippen LogP contribution >= 0.6 is 0 Å². The van der Waals surface area contributed by atoms with Crippen molar-refractivity contribution >= 4 is 0 Å². The highest BCUT2D eigenvalue weighted by Crippen LogP contribution is 2.12. The van der Waals surface area contributed by atoms with E-state index in [9.17, 15) is 4.39 Å². The monoisotopic (exact) mass is 225 g/mol. The Labute approximate surface area is 94.6 Å². The van der Waals surface area contributed by atoms with E-state index in [1.54, 1.807) is 12.1 Å². The summed E-state index contributed by atoms with van der Waals surface area (Å²) >= 11 is 0. The number of ether oxygens (including phenoxy) is 2. The molecule has 1 aliphatic heterocycles. The summed E-state index contributed by atoms with van der Waals surface area (Å²) in [6, 6.07) is 6.42. The van der Waals surface area contributed by atoms with Crippen molar-refractivity contribution in [2.75, 3.05) is 19.8 Å². The topological polar surface area (TPSA) is 30.5 Å². The Morgan fingerprint density at radius 1 is 1.44 bits per heavy atom. The Kier molecular flexibility index (Phi) is 3.74. The van der Waals surface area contributed by atoms with E-state index in [0.717, 1.165) is 6.54 Å². The van der Waals surface area contributed by atoms with E-state index < -0.39 is 0 Å². The number of nitrogens with one attached hydrogen (secondary N) is 1. The Morgan fingerprint density at radius 3 is 2.81 bits per heavy atom. The second-order valence-electron chi connectivity index (χ2n) is 4.03. The lowest BCUT2D eigenvalue weighted by Crippen LogP contribution is -2.46. The highest BCUT2D eigenvalue weighted by atomic mass is 19.1. The number of hydrogen-bond acceptors (Lipinski definition) is 3. The quantitative estimate of drug-likeness (QED) is 0.847. The van der Waals surface area contributed by atoms with Crippen LogP contribution in [-0.4, -0.2) is 31.9 Å². The van der Waals surface area contributed by atoms with E-state index >= 15 is 0 Å². The van der Waals surface area contributed by atoms with Crippen molar-refractivity contribution in [3.8, 4) is 5.75 Å². The van der Waals surface area contributed by atoms with Crippen molar-refractivity contribution in [1.29, 1.82) is 0 Å². The molecule has 0 radical (unpaired) electrons. The zero-order valence-corrected chi connectivity index (χ0v) is 9.28. The van der Waals surface area contributed by atoms with Crippen LogP contribution in [0.1, 0.15) is 6.92 Å². The first kappa shape index (κ1) is 11.4. The van der Waals surface area contributed by atoms with Gasteiger partial charge in [0, 0.05) is 12.6 Å². The van der Waals surface area contributed by atoms with E-state index in [-0.39, 0.29) is 11.9 Å². The number of rotatable bonds is 3. The number of benzene rings is 1. The molecule has 2 atom stereocenters. The smallest absolute Gasteiger partial charge is 0.123 e. The lowest BCUT2D eigenvalue weighted by molar-refractivity contribution is -0.0165. The second kappa shape index (κ2) is 5.27. The standard InChI is InChI=1S/C12H16FNO2/c1-9-7-15-12(6-14-9)8-16-11-4-2-10(13)3-5-11/h2-5,9,12,14H,6-8H2,1H3/t9-,12?/m0/s1. The molecule has 88 valence electrons. The summed E-state index contributed by atoms with van der Waals surface area (Å²) in [4.78, 5) is 0. The van der Waals surface area contributed by atoms with Gasteiger partial charge in [-0.3, -0.25) is 0 Å². The van der Waals surface area contributed by atoms with Crippen LogP contribution in [0.3, 0.4) is 0 Å². The number of halogens is 1. The molecule has 0 spiro atoms. The molecule has 1 unspecified atom stereocenters. The summed E-state index contributed by atoms with van der Waals surface area (Å²) in [5.74, 6) is 0.417. The van der Waals surface area contributed by atoms with Crippen LogP contribution in [0.4, 0.5) is 4.39 Å². The van der Waals surface area contributed by atoms with Crippen LogP contribution in [0.15, 0.2) is 24.3 Å². The molecule has 0 bridgehead atoms. The van der Waals surface area contributed by atoms with Gasteiger partial charge in [0.1, 0.15) is 24.3 Å². The lowest BCUT2D eigenvalue weighted by Gasteiger charge is -2.28. The first-order chi connectivity index (χ1) is 7.74. The van der Waals surface area contributed by atoms with Crippen molar-refractivity contribution in [2.45, 2.75) is 19.1 Å². The van der Waals surface area contributed by atoms with Gasteiger partial charge >= 0.3 is 0 Å². The van der Waals surface area contributed by atoms with E-state index in [0.29, 0.717) is 25.0 Å². The fraction of sp³-hybridized carbons (Fsp3) is 0.500. The van der Waals surface area contributed by atoms with Crippen molar-refractivity contribution in [2.24, 2.45) is 0 Å². The summed E-state index contributed by atoms with van der Waals surface area (Å²) in [7, 11) is 0. The van der Waals surface area contributed by atoms with Crippen LogP contribution in [-0.2, 0) is 4.74 Å². The predicted octanol–water partition coefficient (Wildman–Crippen LogP) is 1.58. The zero-order chi connectivity index (χ0) is 11.4. The Morgan fingerprint density at radius 2 is 2.19 bits per heavy atom. The Balaban J connectivity index is 1.77. The van der Waals surface area contributed by atoms with Crippen molar-refractivity contribution in [3.63, 3.8) is 0 Å². The van der Waals surface area contributed by atoms with Crippen LogP contribution < -0.4 is 10.1 Å². The van der Waals surface area contributed by atoms with Gasteiger partial charge in [0.15, 0.2) is 0 Å². The van der Waals surface area contributed by atoms with Crippen LogP contribution in [0, 0.1) is 5.82 Å². The van der Waals surface area contributed by atoms with Gasteiger partial charge in [-0.1, -0.05) is 0 Å². The van der Waals surface area contributed by atoms with Gasteiger partial charge in [-0.15, -0.1) is 0 Å². The SMILES string of the molecule is C[C@H]1COC(COc2ccc(F)cc2)CN1. The van der Waals surface area contributed by atoms with Gasteiger partial charge in [-0.05, 0) is 31.2 Å². The third-order valence-corrected chi connectivity index (χ3v) is 2.53. The summed E-state index contributed by atoms with van der Waals surface area (Å²) in [6.45, 7) is 4.07. The Hall–Kier alpha value is -1.13. The molecule has 2 rings (SSSR count). The molecule has 0 amide bonds. The Bertz CT molecular complexity index is 320. The largest absolute Gasteiger partial charge is 0.491 e. The van der Waals surface area contributed by atoms with Crippen molar-refractivity contribution in [1.82, 2.24) is 5.32 Å². The van der Waals surface area contributed by atoms with Gasteiger partial charge in [0.25, 0.3) is 0 Å². The third kappa shape index (κ3) is 3.18. The van der Waals surface area contributed by atoms with Gasteiger partial charge in [-0.2, -0.15) is 0 Å². The molecule has 1 aliphatic rings. The molecule has 0 aliphatic carbocycles. The predicted molar refractivity (Wildman–Crippen MR) is 59.1 cm³/mol. The molecule has 1 aromatic carbocycles. The highest BCUT2D eigenvalue weighted by Gasteiger charge is 2.18. The molecular formula is C12H16FNO2. The molecule has 4 heteroatoms. The molecule has 3 nitrogen and oxygen atoms in total. The summed E-state index contributed by atoms with van der Waals surface area (Å²) in [5, 5.41) is 3.31. The molecule has 1 saturated heterocycles. The number of morpholine rings is 1. The molecule has 1 aromatic rings. The summed E-state index contributed by atoms with van der Waals surface area (Å²) < 4.78 is 23.7. The van der Waals surface area contributed by atoms with Gasteiger partial charge in [0.05, 0.1) is 6.61 Å². The van der Waals surface area contributed by atoms with Crippen LogP contribution in [0.25, 0.3) is 0 Å². The lowest BCUT2D eigenvalue weighted by atomic mass is 10.2. The maximum Gasteiger partial charge on any atom is 0.123 e. The fourth-order valence-electron chi connectivity index (χ4n) is 1.56. The molecule has 0 aromatic heterocycles. The van der Waals surface area contributed by atoms with Crippen LogP contribution in [0.5, 0.6) is 5.75 Å². The minimum atomic E-state index is -0.253. The molecule has 1 heterocycles. The summed E-state index contributed by atoms with van der Waals surface area (Å²) in [6.07, 6.45) is 0.0706. The molecule has 1 N–H and O–H groups in total. The van der Waals surface area contributed by atoms with E-state index in [4.69, 9.17) is 9.47 Å². The third-order valence-electron chi connectivity index (χ3n) is 2.53.